The Kier molecular flexibility index (Phi) is 3.71. The van der Waals surface area contributed by atoms with Crippen LogP contribution in [-0.2, 0) is 5.88 Å². The smallest absolute Gasteiger partial charge is 0.129 e. The summed E-state index contributed by atoms with van der Waals surface area (Å²) in [6, 6.07) is 13.7. The van der Waals surface area contributed by atoms with Gasteiger partial charge in [-0.1, -0.05) is 6.07 Å². The highest BCUT2D eigenvalue weighted by atomic mass is 79.9. The Balaban J connectivity index is 2.39. The van der Waals surface area contributed by atoms with Crippen LogP contribution in [0.4, 0.5) is 0 Å². The maximum absolute atomic E-state index is 9.11. The number of hydrogen-bond acceptors (Lipinski definition) is 2. The van der Waals surface area contributed by atoms with Gasteiger partial charge in [-0.15, -0.1) is 11.6 Å². The number of fused-ring (bicyclic) bond motifs is 1. The first-order valence-corrected chi connectivity index (χ1v) is 7.71. The van der Waals surface area contributed by atoms with Crippen LogP contribution in [0.3, 0.4) is 0 Å². The van der Waals surface area contributed by atoms with Crippen LogP contribution < -0.4 is 0 Å². The molecule has 0 aliphatic heterocycles. The first-order valence-electron chi connectivity index (χ1n) is 6.38. The van der Waals surface area contributed by atoms with Crippen molar-refractivity contribution < 1.29 is 0 Å². The van der Waals surface area contributed by atoms with E-state index in [1.807, 2.05) is 35.8 Å². The second-order valence-electron chi connectivity index (χ2n) is 4.77. The Morgan fingerprint density at radius 3 is 2.81 bits per heavy atom. The van der Waals surface area contributed by atoms with Crippen molar-refractivity contribution in [3.8, 4) is 11.8 Å². The zero-order valence-electron chi connectivity index (χ0n) is 11.3. The molecule has 104 valence electrons. The van der Waals surface area contributed by atoms with Crippen LogP contribution in [0.25, 0.3) is 16.7 Å². The molecule has 0 aliphatic carbocycles. The molecule has 2 aromatic carbocycles. The maximum Gasteiger partial charge on any atom is 0.129 e. The van der Waals surface area contributed by atoms with Gasteiger partial charge in [0.2, 0.25) is 0 Å². The first-order chi connectivity index (χ1) is 10.1. The molecule has 1 heterocycles. The summed E-state index contributed by atoms with van der Waals surface area (Å²) in [7, 11) is 0. The van der Waals surface area contributed by atoms with Crippen LogP contribution in [0.1, 0.15) is 17.0 Å². The predicted molar refractivity (Wildman–Crippen MR) is 87.8 cm³/mol. The van der Waals surface area contributed by atoms with Gasteiger partial charge in [-0.25, -0.2) is 4.98 Å². The average Bonchev–Trinajstić information content (AvgIpc) is 2.87. The van der Waals surface area contributed by atoms with Crippen molar-refractivity contribution >= 4 is 38.6 Å². The van der Waals surface area contributed by atoms with Gasteiger partial charge in [0.25, 0.3) is 0 Å². The van der Waals surface area contributed by atoms with Gasteiger partial charge in [-0.2, -0.15) is 5.26 Å². The van der Waals surface area contributed by atoms with Crippen LogP contribution in [0.5, 0.6) is 0 Å². The van der Waals surface area contributed by atoms with E-state index in [0.29, 0.717) is 11.4 Å². The third kappa shape index (κ3) is 2.44. The lowest BCUT2D eigenvalue weighted by atomic mass is 10.2. The van der Waals surface area contributed by atoms with Crippen molar-refractivity contribution in [1.29, 1.82) is 5.26 Å². The second-order valence-corrected chi connectivity index (χ2v) is 5.89. The topological polar surface area (TPSA) is 41.6 Å². The van der Waals surface area contributed by atoms with Gasteiger partial charge in [0.15, 0.2) is 0 Å². The second kappa shape index (κ2) is 5.51. The lowest BCUT2D eigenvalue weighted by molar-refractivity contribution is 0.975. The Morgan fingerprint density at radius 2 is 2.10 bits per heavy atom. The Labute approximate surface area is 135 Å². The summed E-state index contributed by atoms with van der Waals surface area (Å²) in [5.74, 6) is 1.06. The molecule has 3 nitrogen and oxygen atoms in total. The van der Waals surface area contributed by atoms with E-state index in [1.165, 1.54) is 0 Å². The standard InChI is InChI=1S/C16H11BrClN3/c1-10-2-4-12(17)14(6-10)21-15-7-11(9-19)3-5-13(15)20-16(21)8-18/h2-7H,8H2,1H3. The monoisotopic (exact) mass is 359 g/mol. The minimum atomic E-state index is 0.303. The number of nitriles is 1. The highest BCUT2D eigenvalue weighted by Crippen LogP contribution is 2.29. The van der Waals surface area contributed by atoms with Gasteiger partial charge in [0.1, 0.15) is 5.82 Å². The highest BCUT2D eigenvalue weighted by molar-refractivity contribution is 9.10. The molecule has 0 spiro atoms. The van der Waals surface area contributed by atoms with Crippen molar-refractivity contribution in [1.82, 2.24) is 9.55 Å². The summed E-state index contributed by atoms with van der Waals surface area (Å²) in [5, 5.41) is 9.11. The zero-order chi connectivity index (χ0) is 15.0. The Hall–Kier alpha value is -1.83. The predicted octanol–water partition coefficient (Wildman–Crippen LogP) is 4.71. The van der Waals surface area contributed by atoms with E-state index >= 15 is 0 Å². The number of imidazole rings is 1. The van der Waals surface area contributed by atoms with Gasteiger partial charge >= 0.3 is 0 Å². The fourth-order valence-electron chi connectivity index (χ4n) is 2.35. The van der Waals surface area contributed by atoms with Crippen molar-refractivity contribution in [3.05, 3.63) is 57.8 Å². The summed E-state index contributed by atoms with van der Waals surface area (Å²) >= 11 is 9.64. The minimum Gasteiger partial charge on any atom is -0.294 e. The molecule has 21 heavy (non-hydrogen) atoms. The van der Waals surface area contributed by atoms with E-state index in [1.54, 1.807) is 6.07 Å². The molecule has 0 unspecified atom stereocenters. The van der Waals surface area contributed by atoms with Crippen LogP contribution in [0.2, 0.25) is 0 Å². The summed E-state index contributed by atoms with van der Waals surface area (Å²) in [6.45, 7) is 2.04. The molecule has 0 amide bonds. The van der Waals surface area contributed by atoms with Crippen LogP contribution in [-0.4, -0.2) is 9.55 Å². The molecule has 3 aromatic rings. The third-order valence-corrected chi connectivity index (χ3v) is 4.22. The molecule has 0 fully saturated rings. The molecule has 1 aromatic heterocycles. The van der Waals surface area contributed by atoms with Gasteiger partial charge in [0, 0.05) is 4.47 Å². The number of alkyl halides is 1. The molecule has 0 saturated carbocycles. The molecule has 5 heteroatoms. The van der Waals surface area contributed by atoms with Crippen molar-refractivity contribution in [2.45, 2.75) is 12.8 Å². The van der Waals surface area contributed by atoms with Gasteiger partial charge in [-0.05, 0) is 58.7 Å². The number of aromatic nitrogens is 2. The first kappa shape index (κ1) is 14.1. The number of nitrogens with zero attached hydrogens (tertiary/aromatic N) is 3. The zero-order valence-corrected chi connectivity index (χ0v) is 13.6. The molecule has 0 bridgehead atoms. The van der Waals surface area contributed by atoms with E-state index in [0.717, 1.165) is 32.6 Å². The molecule has 0 atom stereocenters. The maximum atomic E-state index is 9.11. The van der Waals surface area contributed by atoms with Gasteiger partial charge in [-0.3, -0.25) is 4.57 Å². The number of benzene rings is 2. The van der Waals surface area contributed by atoms with E-state index in [9.17, 15) is 0 Å². The molecule has 0 radical (unpaired) electrons. The minimum absolute atomic E-state index is 0.303. The molecule has 0 saturated heterocycles. The van der Waals surface area contributed by atoms with E-state index in [4.69, 9.17) is 16.9 Å². The molecular weight excluding hydrogens is 350 g/mol. The Morgan fingerprint density at radius 1 is 1.29 bits per heavy atom. The fourth-order valence-corrected chi connectivity index (χ4v) is 2.95. The normalized spacial score (nSPS) is 10.8. The molecule has 0 aliphatic rings. The van der Waals surface area contributed by atoms with E-state index in [2.05, 4.69) is 33.0 Å². The largest absolute Gasteiger partial charge is 0.294 e. The number of halogens is 2. The SMILES string of the molecule is Cc1ccc(Br)c(-n2c(CCl)nc3ccc(C#N)cc32)c1. The summed E-state index contributed by atoms with van der Waals surface area (Å²) in [6.07, 6.45) is 0. The van der Waals surface area contributed by atoms with Gasteiger partial charge < -0.3 is 0 Å². The van der Waals surface area contributed by atoms with Crippen molar-refractivity contribution in [2.75, 3.05) is 0 Å². The van der Waals surface area contributed by atoms with E-state index in [-0.39, 0.29) is 0 Å². The lowest BCUT2D eigenvalue weighted by Gasteiger charge is -2.11. The molecule has 0 N–H and O–H groups in total. The number of rotatable bonds is 2. The Bertz CT molecular complexity index is 877. The van der Waals surface area contributed by atoms with Crippen molar-refractivity contribution in [3.63, 3.8) is 0 Å². The van der Waals surface area contributed by atoms with E-state index < -0.39 is 0 Å². The summed E-state index contributed by atoms with van der Waals surface area (Å²) < 4.78 is 2.96. The summed E-state index contributed by atoms with van der Waals surface area (Å²) in [5.41, 5.74) is 4.44. The molecular formula is C16H11BrClN3. The third-order valence-electron chi connectivity index (χ3n) is 3.32. The van der Waals surface area contributed by atoms with Crippen LogP contribution in [0.15, 0.2) is 40.9 Å². The van der Waals surface area contributed by atoms with Gasteiger partial charge in [0.05, 0.1) is 34.2 Å². The summed E-state index contributed by atoms with van der Waals surface area (Å²) in [4.78, 5) is 4.55. The average molecular weight is 361 g/mol. The van der Waals surface area contributed by atoms with Crippen LogP contribution >= 0.6 is 27.5 Å². The van der Waals surface area contributed by atoms with Crippen molar-refractivity contribution in [2.24, 2.45) is 0 Å². The molecule has 3 rings (SSSR count). The highest BCUT2D eigenvalue weighted by Gasteiger charge is 2.14. The number of hydrogen-bond donors (Lipinski definition) is 0. The fraction of sp³-hybridized carbons (Fsp3) is 0.125. The lowest BCUT2D eigenvalue weighted by Crippen LogP contribution is -2.01. The number of aryl methyl sites for hydroxylation is 1. The van der Waals surface area contributed by atoms with Crippen LogP contribution in [0, 0.1) is 18.3 Å². The quantitative estimate of drug-likeness (QED) is 0.621.